The Labute approximate surface area is 211 Å². The van der Waals surface area contributed by atoms with Gasteiger partial charge in [-0.1, -0.05) is 42.1 Å². The second-order valence-electron chi connectivity index (χ2n) is 8.30. The summed E-state index contributed by atoms with van der Waals surface area (Å²) in [5.74, 6) is -2.09. The van der Waals surface area contributed by atoms with Crippen molar-refractivity contribution in [2.24, 2.45) is 11.5 Å². The monoisotopic (exact) mass is 515 g/mol. The number of rotatable bonds is 13. The molecule has 0 saturated carbocycles. The highest BCUT2D eigenvalue weighted by Crippen LogP contribution is 2.39. The van der Waals surface area contributed by atoms with Crippen molar-refractivity contribution in [1.29, 1.82) is 0 Å². The number of aliphatic carboxylic acids is 1. The average molecular weight is 516 g/mol. The van der Waals surface area contributed by atoms with Crippen LogP contribution >= 0.6 is 11.8 Å². The fourth-order valence-corrected chi connectivity index (χ4v) is 4.91. The first kappa shape index (κ1) is 27.1. The number of H-pyrrole nitrogens is 1. The highest BCUT2D eigenvalue weighted by Gasteiger charge is 2.29. The van der Waals surface area contributed by atoms with E-state index in [0.29, 0.717) is 34.9 Å². The number of benzene rings is 2. The molecule has 0 fully saturated rings. The molecule has 0 aliphatic carbocycles. The van der Waals surface area contributed by atoms with E-state index in [9.17, 15) is 29.9 Å². The normalized spacial score (nSPS) is 13.8. The van der Waals surface area contributed by atoms with Gasteiger partial charge in [-0.2, -0.15) is 0 Å². The van der Waals surface area contributed by atoms with Crippen molar-refractivity contribution in [3.8, 4) is 0 Å². The first-order chi connectivity index (χ1) is 17.2. The van der Waals surface area contributed by atoms with Gasteiger partial charge in [-0.3, -0.25) is 14.9 Å². The van der Waals surface area contributed by atoms with Crippen LogP contribution in [0.4, 0.5) is 5.69 Å². The number of unbranched alkanes of at least 4 members (excludes halogenated alkanes) is 1. The Bertz CT molecular complexity index is 1230. The number of aliphatic hydroxyl groups is 1. The van der Waals surface area contributed by atoms with Gasteiger partial charge in [0.2, 0.25) is 0 Å². The smallest absolute Gasteiger partial charge is 0.326 e. The van der Waals surface area contributed by atoms with Crippen molar-refractivity contribution >= 4 is 40.2 Å². The van der Waals surface area contributed by atoms with Crippen LogP contribution in [-0.2, 0) is 16.0 Å². The Morgan fingerprint density at radius 2 is 1.83 bits per heavy atom. The predicted octanol–water partition coefficient (Wildman–Crippen LogP) is 2.16. The number of amides is 1. The zero-order chi connectivity index (χ0) is 26.2. The molecule has 1 heterocycles. The largest absolute Gasteiger partial charge is 0.480 e. The molecule has 2 aromatic carbocycles. The zero-order valence-electron chi connectivity index (χ0n) is 19.4. The molecule has 0 spiro atoms. The Balaban J connectivity index is 1.82. The van der Waals surface area contributed by atoms with Crippen molar-refractivity contribution in [1.82, 2.24) is 10.3 Å². The number of nitrogens with two attached hydrogens (primary N) is 2. The average Bonchev–Trinajstić information content (AvgIpc) is 3.19. The Kier molecular flexibility index (Phi) is 9.42. The van der Waals surface area contributed by atoms with Gasteiger partial charge < -0.3 is 32.0 Å². The van der Waals surface area contributed by atoms with Gasteiger partial charge in [-0.25, -0.2) is 4.79 Å². The predicted molar refractivity (Wildman–Crippen MR) is 136 cm³/mol. The van der Waals surface area contributed by atoms with Gasteiger partial charge in [0.15, 0.2) is 0 Å². The van der Waals surface area contributed by atoms with Crippen LogP contribution in [0, 0.1) is 10.1 Å². The number of para-hydroxylation sites is 2. The summed E-state index contributed by atoms with van der Waals surface area (Å²) in [6, 6.07) is 11.5. The number of carboxylic acids is 1. The topological polar surface area (TPSA) is 198 Å². The summed E-state index contributed by atoms with van der Waals surface area (Å²) in [6.07, 6.45) is -0.301. The second kappa shape index (κ2) is 12.5. The second-order valence-corrected chi connectivity index (χ2v) is 9.35. The van der Waals surface area contributed by atoms with Crippen LogP contribution < -0.4 is 16.8 Å². The number of carboxylic acid groups (broad SMARTS) is 1. The standard InChI is InChI=1S/C24H29N5O6S/c25-12-6-5-9-18(24(32)33)27-22(31)21(30)16(26)13-15-14-7-1-2-8-17(14)28-23(15)36-20-11-4-3-10-19(20)29(34)35/h1-4,7-8,10-11,16,18,21,28,30H,5-6,9,12-13,25-26H2,(H,27,31)(H,32,33)/t16-,18-,21+/m1/s1. The minimum atomic E-state index is -1.67. The van der Waals surface area contributed by atoms with Gasteiger partial charge in [0.1, 0.15) is 12.1 Å². The molecule has 3 atom stereocenters. The van der Waals surface area contributed by atoms with Gasteiger partial charge in [-0.15, -0.1) is 0 Å². The number of aromatic nitrogens is 1. The summed E-state index contributed by atoms with van der Waals surface area (Å²) in [5, 5.41) is 35.2. The molecule has 0 unspecified atom stereocenters. The molecule has 3 aromatic rings. The molecule has 3 rings (SSSR count). The number of fused-ring (bicyclic) bond motifs is 1. The van der Waals surface area contributed by atoms with Crippen molar-refractivity contribution < 1.29 is 24.7 Å². The molecule has 1 aromatic heterocycles. The molecule has 1 amide bonds. The molecule has 8 N–H and O–H groups in total. The van der Waals surface area contributed by atoms with Gasteiger partial charge in [0.25, 0.3) is 11.6 Å². The molecule has 12 heteroatoms. The third kappa shape index (κ3) is 6.61. The van der Waals surface area contributed by atoms with Crippen molar-refractivity contribution in [3.05, 3.63) is 64.2 Å². The minimum Gasteiger partial charge on any atom is -0.480 e. The quantitative estimate of drug-likeness (QED) is 0.112. The van der Waals surface area contributed by atoms with E-state index in [-0.39, 0.29) is 18.5 Å². The number of carbonyl (C=O) groups is 2. The number of nitro groups is 1. The number of nitrogens with zero attached hydrogens (tertiary/aromatic N) is 1. The van der Waals surface area contributed by atoms with E-state index in [0.717, 1.165) is 22.7 Å². The Hall–Kier alpha value is -3.45. The fraction of sp³-hybridized carbons (Fsp3) is 0.333. The lowest BCUT2D eigenvalue weighted by Gasteiger charge is -2.21. The number of hydrogen-bond donors (Lipinski definition) is 6. The lowest BCUT2D eigenvalue weighted by molar-refractivity contribution is -0.387. The molecular formula is C24H29N5O6S. The molecule has 0 aliphatic heterocycles. The van der Waals surface area contributed by atoms with E-state index in [1.54, 1.807) is 18.2 Å². The third-order valence-corrected chi connectivity index (χ3v) is 6.84. The lowest BCUT2D eigenvalue weighted by atomic mass is 10.0. The van der Waals surface area contributed by atoms with E-state index in [4.69, 9.17) is 11.5 Å². The van der Waals surface area contributed by atoms with Crippen LogP contribution in [0.1, 0.15) is 24.8 Å². The minimum absolute atomic E-state index is 0.0508. The third-order valence-electron chi connectivity index (χ3n) is 5.72. The summed E-state index contributed by atoms with van der Waals surface area (Å²) >= 11 is 1.16. The maximum atomic E-state index is 12.6. The van der Waals surface area contributed by atoms with Crippen molar-refractivity contribution in [2.45, 2.75) is 53.8 Å². The van der Waals surface area contributed by atoms with E-state index < -0.39 is 35.0 Å². The molecular weight excluding hydrogens is 486 g/mol. The van der Waals surface area contributed by atoms with Gasteiger partial charge in [0.05, 0.1) is 14.8 Å². The van der Waals surface area contributed by atoms with Crippen LogP contribution in [-0.4, -0.2) is 56.7 Å². The molecule has 192 valence electrons. The van der Waals surface area contributed by atoms with Gasteiger partial charge in [0, 0.05) is 23.0 Å². The number of nitro benzene ring substituents is 1. The summed E-state index contributed by atoms with van der Waals surface area (Å²) < 4.78 is 0. The summed E-state index contributed by atoms with van der Waals surface area (Å²) in [7, 11) is 0. The number of hydrogen-bond acceptors (Lipinski definition) is 8. The molecule has 36 heavy (non-hydrogen) atoms. The maximum absolute atomic E-state index is 12.6. The fourth-order valence-electron chi connectivity index (χ4n) is 3.82. The van der Waals surface area contributed by atoms with Crippen molar-refractivity contribution in [3.63, 3.8) is 0 Å². The van der Waals surface area contributed by atoms with Gasteiger partial charge in [-0.05, 0) is 49.9 Å². The van der Waals surface area contributed by atoms with Crippen LogP contribution in [0.5, 0.6) is 0 Å². The SMILES string of the molecule is NCCCC[C@@H](NC(=O)[C@@H](O)[C@H](N)Cc1c(Sc2ccccc2[N+](=O)[O-])[nH]c2ccccc12)C(=O)O. The summed E-state index contributed by atoms with van der Waals surface area (Å²) in [6.45, 7) is 0.408. The first-order valence-electron chi connectivity index (χ1n) is 11.4. The van der Waals surface area contributed by atoms with Crippen LogP contribution in [0.15, 0.2) is 58.5 Å². The maximum Gasteiger partial charge on any atom is 0.326 e. The number of nitrogens with one attached hydrogen (secondary N) is 2. The first-order valence-corrected chi connectivity index (χ1v) is 12.2. The highest BCUT2D eigenvalue weighted by molar-refractivity contribution is 7.99. The molecule has 11 nitrogen and oxygen atoms in total. The molecule has 0 radical (unpaired) electrons. The van der Waals surface area contributed by atoms with E-state index in [1.165, 1.54) is 6.07 Å². The zero-order valence-corrected chi connectivity index (χ0v) is 20.2. The van der Waals surface area contributed by atoms with E-state index in [1.807, 2.05) is 24.3 Å². The number of aromatic amines is 1. The Morgan fingerprint density at radius 3 is 2.53 bits per heavy atom. The highest BCUT2D eigenvalue weighted by atomic mass is 32.2. The summed E-state index contributed by atoms with van der Waals surface area (Å²) in [5.41, 5.74) is 13.1. The molecule has 0 saturated heterocycles. The molecule has 0 aliphatic rings. The van der Waals surface area contributed by atoms with Gasteiger partial charge >= 0.3 is 5.97 Å². The van der Waals surface area contributed by atoms with E-state index >= 15 is 0 Å². The van der Waals surface area contributed by atoms with E-state index in [2.05, 4.69) is 10.3 Å². The van der Waals surface area contributed by atoms with Crippen LogP contribution in [0.2, 0.25) is 0 Å². The van der Waals surface area contributed by atoms with Crippen molar-refractivity contribution in [2.75, 3.05) is 6.54 Å². The molecule has 0 bridgehead atoms. The van der Waals surface area contributed by atoms with Crippen LogP contribution in [0.25, 0.3) is 10.9 Å². The number of aliphatic hydroxyl groups excluding tert-OH is 1. The summed E-state index contributed by atoms with van der Waals surface area (Å²) in [4.78, 5) is 38.8. The Morgan fingerprint density at radius 1 is 1.14 bits per heavy atom. The van der Waals surface area contributed by atoms with Crippen LogP contribution in [0.3, 0.4) is 0 Å². The lowest BCUT2D eigenvalue weighted by Crippen LogP contribution is -2.52. The number of carbonyl (C=O) groups excluding carboxylic acids is 1.